The van der Waals surface area contributed by atoms with Crippen molar-refractivity contribution in [3.8, 4) is 22.7 Å². The van der Waals surface area contributed by atoms with E-state index in [0.29, 0.717) is 30.9 Å². The van der Waals surface area contributed by atoms with E-state index < -0.39 is 29.5 Å². The fraction of sp³-hybridized carbons (Fsp3) is 0.364. The number of carbonyl (C=O) groups excluding carboxylic acids is 1. The Balaban J connectivity index is 1.72. The van der Waals surface area contributed by atoms with Gasteiger partial charge in [0.1, 0.15) is 41.9 Å². The van der Waals surface area contributed by atoms with Crippen LogP contribution in [0.2, 0.25) is 0 Å². The zero-order valence-electron chi connectivity index (χ0n) is 25.9. The Bertz CT molecular complexity index is 1910. The van der Waals surface area contributed by atoms with Crippen molar-refractivity contribution in [2.75, 3.05) is 38.3 Å². The number of hydrogen-bond acceptors (Lipinski definition) is 9. The van der Waals surface area contributed by atoms with Crippen molar-refractivity contribution < 1.29 is 28.2 Å². The maximum atomic E-state index is 16.2. The van der Waals surface area contributed by atoms with Crippen LogP contribution < -0.4 is 15.3 Å². The van der Waals surface area contributed by atoms with Crippen LogP contribution in [0.3, 0.4) is 0 Å². The minimum atomic E-state index is -1.29. The molecular formula is C33H34F2N6O5. The zero-order valence-corrected chi connectivity index (χ0v) is 25.9. The van der Waals surface area contributed by atoms with E-state index in [1.165, 1.54) is 36.0 Å². The Morgan fingerprint density at radius 3 is 2.67 bits per heavy atom. The van der Waals surface area contributed by atoms with Gasteiger partial charge in [-0.25, -0.2) is 23.1 Å². The van der Waals surface area contributed by atoms with Crippen LogP contribution in [0, 0.1) is 11.6 Å². The van der Waals surface area contributed by atoms with Crippen molar-refractivity contribution >= 4 is 22.8 Å². The van der Waals surface area contributed by atoms with E-state index in [-0.39, 0.29) is 64.0 Å². The number of benzene rings is 1. The second-order valence-electron chi connectivity index (χ2n) is 11.7. The summed E-state index contributed by atoms with van der Waals surface area (Å²) in [6.07, 6.45) is 0.509. The molecule has 0 saturated carbocycles. The minimum absolute atomic E-state index is 0.00142. The molecule has 2 bridgehead atoms. The van der Waals surface area contributed by atoms with Crippen molar-refractivity contribution in [1.29, 1.82) is 0 Å². The number of hydrogen-bond donors (Lipinski definition) is 1. The second kappa shape index (κ2) is 12.2. The fourth-order valence-corrected chi connectivity index (χ4v) is 6.29. The number of piperazine rings is 1. The first-order valence-corrected chi connectivity index (χ1v) is 15.0. The molecule has 46 heavy (non-hydrogen) atoms. The van der Waals surface area contributed by atoms with E-state index in [1.807, 2.05) is 25.7 Å². The Hall–Kier alpha value is -4.75. The molecule has 2 unspecified atom stereocenters. The SMILES string of the molecule is C=CC(=O)N1CCN(c2nc(=O)n3c4nc(c(F)cc24)-c2c(F)cccc2OCC(O)C(OC)c2ccnc(C(C)C)c2-3)[C@@H](C)C1. The van der Waals surface area contributed by atoms with Crippen LogP contribution >= 0.6 is 0 Å². The number of anilines is 1. The van der Waals surface area contributed by atoms with Gasteiger partial charge in [-0.05, 0) is 43.2 Å². The largest absolute Gasteiger partial charge is 0.490 e. The highest BCUT2D eigenvalue weighted by atomic mass is 19.1. The van der Waals surface area contributed by atoms with Gasteiger partial charge in [-0.15, -0.1) is 0 Å². The predicted molar refractivity (Wildman–Crippen MR) is 167 cm³/mol. The number of aliphatic hydroxyl groups is 1. The van der Waals surface area contributed by atoms with Crippen LogP contribution in [-0.4, -0.2) is 80.9 Å². The molecule has 0 aliphatic carbocycles. The molecule has 1 amide bonds. The number of nitrogens with zero attached hydrogens (tertiary/aromatic N) is 6. The van der Waals surface area contributed by atoms with E-state index in [2.05, 4.69) is 21.5 Å². The summed E-state index contributed by atoms with van der Waals surface area (Å²) in [5, 5.41) is 11.5. The first-order valence-electron chi connectivity index (χ1n) is 15.0. The van der Waals surface area contributed by atoms with Gasteiger partial charge in [0.05, 0.1) is 22.3 Å². The topological polar surface area (TPSA) is 123 Å². The zero-order chi connectivity index (χ0) is 32.9. The molecule has 3 atom stereocenters. The second-order valence-corrected chi connectivity index (χ2v) is 11.7. The van der Waals surface area contributed by atoms with Gasteiger partial charge < -0.3 is 24.4 Å². The number of halogens is 2. The lowest BCUT2D eigenvalue weighted by Gasteiger charge is -2.40. The maximum Gasteiger partial charge on any atom is 0.355 e. The number of amides is 1. The number of pyridine rings is 2. The van der Waals surface area contributed by atoms with Crippen molar-refractivity contribution in [3.63, 3.8) is 0 Å². The van der Waals surface area contributed by atoms with Gasteiger partial charge in [0.15, 0.2) is 11.5 Å². The molecule has 2 aliphatic heterocycles. The molecule has 1 aromatic carbocycles. The van der Waals surface area contributed by atoms with Gasteiger partial charge in [-0.1, -0.05) is 26.5 Å². The van der Waals surface area contributed by atoms with Crippen molar-refractivity contribution in [3.05, 3.63) is 82.6 Å². The van der Waals surface area contributed by atoms with Crippen LogP contribution in [-0.2, 0) is 9.53 Å². The van der Waals surface area contributed by atoms with E-state index >= 15 is 8.78 Å². The van der Waals surface area contributed by atoms with Crippen LogP contribution in [0.15, 0.2) is 54.0 Å². The lowest BCUT2D eigenvalue weighted by Crippen LogP contribution is -2.54. The highest BCUT2D eigenvalue weighted by Crippen LogP contribution is 2.39. The Kier molecular flexibility index (Phi) is 8.30. The lowest BCUT2D eigenvalue weighted by molar-refractivity contribution is -0.126. The molecule has 1 N–H and O–H groups in total. The molecule has 1 saturated heterocycles. The molecule has 5 heterocycles. The normalized spacial score (nSPS) is 19.7. The molecule has 13 heteroatoms. The Labute approximate surface area is 263 Å². The highest BCUT2D eigenvalue weighted by Gasteiger charge is 2.34. The smallest absolute Gasteiger partial charge is 0.355 e. The first kappa shape index (κ1) is 31.2. The van der Waals surface area contributed by atoms with E-state index in [9.17, 15) is 14.7 Å². The lowest BCUT2D eigenvalue weighted by atomic mass is 9.97. The molecular weight excluding hydrogens is 598 g/mol. The number of fused-ring (bicyclic) bond motifs is 5. The number of rotatable bonds is 4. The number of aromatic nitrogens is 4. The van der Waals surface area contributed by atoms with E-state index in [1.54, 1.807) is 17.2 Å². The summed E-state index contributed by atoms with van der Waals surface area (Å²) in [5.74, 6) is -1.98. The standard InChI is InChI=1S/C33H34F2N6O5/c1-6-25(43)39-12-13-40(18(4)15-39)31-20-14-22(35)28-26-21(34)8-7-9-24(26)46-16-23(42)30(45-5)19-10-11-36-27(17(2)3)29(19)41(32(20)37-28)33(44)38-31/h6-11,14,17-18,23,30,42H,1,12-13,15-16H2,2-5H3/t18-,23?,30?/m0/s1. The van der Waals surface area contributed by atoms with Crippen LogP contribution in [0.5, 0.6) is 5.75 Å². The molecule has 0 radical (unpaired) electrons. The summed E-state index contributed by atoms with van der Waals surface area (Å²) in [7, 11) is 1.42. The monoisotopic (exact) mass is 632 g/mol. The van der Waals surface area contributed by atoms with Crippen molar-refractivity contribution in [2.24, 2.45) is 0 Å². The molecule has 6 rings (SSSR count). The van der Waals surface area contributed by atoms with Crippen LogP contribution in [0.4, 0.5) is 14.6 Å². The maximum absolute atomic E-state index is 16.2. The third-order valence-corrected chi connectivity index (χ3v) is 8.47. The van der Waals surface area contributed by atoms with Crippen LogP contribution in [0.1, 0.15) is 44.1 Å². The Morgan fingerprint density at radius 1 is 1.20 bits per heavy atom. The van der Waals surface area contributed by atoms with E-state index in [0.717, 1.165) is 6.07 Å². The van der Waals surface area contributed by atoms with Gasteiger partial charge in [-0.3, -0.25) is 9.78 Å². The summed E-state index contributed by atoms with van der Waals surface area (Å²) in [5.41, 5.74) is -0.229. The van der Waals surface area contributed by atoms with Gasteiger partial charge in [0.2, 0.25) is 5.91 Å². The van der Waals surface area contributed by atoms with Crippen molar-refractivity contribution in [2.45, 2.75) is 44.9 Å². The van der Waals surface area contributed by atoms with Gasteiger partial charge in [0.25, 0.3) is 0 Å². The molecule has 240 valence electrons. The first-order chi connectivity index (χ1) is 22.0. The van der Waals surface area contributed by atoms with E-state index in [4.69, 9.17) is 9.47 Å². The molecule has 3 aromatic heterocycles. The number of carbonyl (C=O) groups is 1. The molecule has 1 fully saturated rings. The fourth-order valence-electron chi connectivity index (χ4n) is 6.29. The average molecular weight is 633 g/mol. The number of methoxy groups -OCH3 is 1. The third-order valence-electron chi connectivity index (χ3n) is 8.47. The molecule has 4 aromatic rings. The molecule has 2 aliphatic rings. The summed E-state index contributed by atoms with van der Waals surface area (Å²) < 4.78 is 44.6. The quantitative estimate of drug-likeness (QED) is 0.334. The summed E-state index contributed by atoms with van der Waals surface area (Å²) in [6.45, 7) is 9.83. The highest BCUT2D eigenvalue weighted by molar-refractivity contribution is 5.91. The molecule has 11 nitrogen and oxygen atoms in total. The van der Waals surface area contributed by atoms with Gasteiger partial charge >= 0.3 is 5.69 Å². The molecule has 0 spiro atoms. The van der Waals surface area contributed by atoms with Gasteiger partial charge in [0, 0.05) is 44.5 Å². The average Bonchev–Trinajstić information content (AvgIpc) is 3.03. The Morgan fingerprint density at radius 2 is 1.98 bits per heavy atom. The third kappa shape index (κ3) is 5.18. The minimum Gasteiger partial charge on any atom is -0.490 e. The number of ether oxygens (including phenoxy) is 2. The summed E-state index contributed by atoms with van der Waals surface area (Å²) in [4.78, 5) is 43.8. The summed E-state index contributed by atoms with van der Waals surface area (Å²) >= 11 is 0. The number of aliphatic hydroxyl groups excluding tert-OH is 1. The van der Waals surface area contributed by atoms with Gasteiger partial charge in [-0.2, -0.15) is 4.98 Å². The predicted octanol–water partition coefficient (Wildman–Crippen LogP) is 3.91. The summed E-state index contributed by atoms with van der Waals surface area (Å²) in [6, 6.07) is 6.53. The van der Waals surface area contributed by atoms with Crippen LogP contribution in [0.25, 0.3) is 28.0 Å². The van der Waals surface area contributed by atoms with Crippen molar-refractivity contribution in [1.82, 2.24) is 24.4 Å².